The molecule has 0 saturated heterocycles. The van der Waals surface area contributed by atoms with Crippen molar-refractivity contribution in [3.05, 3.63) is 23.0 Å². The molecule has 1 unspecified atom stereocenters. The van der Waals surface area contributed by atoms with Crippen LogP contribution in [-0.2, 0) is 0 Å². The highest BCUT2D eigenvalue weighted by Gasteiger charge is 2.12. The van der Waals surface area contributed by atoms with E-state index >= 15 is 0 Å². The van der Waals surface area contributed by atoms with Gasteiger partial charge in [-0.25, -0.2) is 0 Å². The molecule has 1 aromatic heterocycles. The number of pyridine rings is 1. The maximum absolute atomic E-state index is 7.64. The van der Waals surface area contributed by atoms with Gasteiger partial charge in [-0.15, -0.1) is 11.8 Å². The van der Waals surface area contributed by atoms with Gasteiger partial charge in [0.1, 0.15) is 5.84 Å². The molecule has 4 heteroatoms. The lowest BCUT2D eigenvalue weighted by molar-refractivity contribution is 0.637. The summed E-state index contributed by atoms with van der Waals surface area (Å²) >= 11 is 1.78. The third kappa shape index (κ3) is 3.73. The lowest BCUT2D eigenvalue weighted by Crippen LogP contribution is -2.16. The molecule has 0 aliphatic carbocycles. The fourth-order valence-corrected chi connectivity index (χ4v) is 2.94. The van der Waals surface area contributed by atoms with E-state index in [0.29, 0.717) is 5.92 Å². The number of nitrogens with one attached hydrogen (secondary N) is 1. The van der Waals surface area contributed by atoms with Crippen LogP contribution in [-0.4, -0.2) is 16.6 Å². The first-order valence-electron chi connectivity index (χ1n) is 5.91. The van der Waals surface area contributed by atoms with Gasteiger partial charge in [0.15, 0.2) is 0 Å². The molecule has 1 rings (SSSR count). The Kier molecular flexibility index (Phi) is 5.00. The van der Waals surface area contributed by atoms with Crippen LogP contribution in [0.5, 0.6) is 0 Å². The molecule has 0 bridgehead atoms. The first-order chi connectivity index (χ1) is 7.95. The van der Waals surface area contributed by atoms with Gasteiger partial charge in [-0.3, -0.25) is 10.4 Å². The second-order valence-electron chi connectivity index (χ2n) is 4.46. The summed E-state index contributed by atoms with van der Waals surface area (Å²) in [4.78, 5) is 5.45. The van der Waals surface area contributed by atoms with Crippen molar-refractivity contribution in [1.82, 2.24) is 4.98 Å². The normalized spacial score (nSPS) is 12.5. The van der Waals surface area contributed by atoms with Crippen LogP contribution in [0.4, 0.5) is 0 Å². The van der Waals surface area contributed by atoms with Gasteiger partial charge in [-0.1, -0.05) is 20.3 Å². The first-order valence-corrected chi connectivity index (χ1v) is 6.89. The molecule has 1 aromatic rings. The van der Waals surface area contributed by atoms with Gasteiger partial charge in [-0.2, -0.15) is 0 Å². The van der Waals surface area contributed by atoms with Gasteiger partial charge in [0.2, 0.25) is 0 Å². The molecule has 0 aliphatic rings. The van der Waals surface area contributed by atoms with Crippen molar-refractivity contribution in [2.75, 3.05) is 5.75 Å². The molecule has 94 valence electrons. The van der Waals surface area contributed by atoms with E-state index in [-0.39, 0.29) is 5.84 Å². The number of hydrogen-bond donors (Lipinski definition) is 2. The Labute approximate surface area is 108 Å². The molecule has 1 atom stereocenters. The van der Waals surface area contributed by atoms with E-state index in [1.807, 2.05) is 19.9 Å². The van der Waals surface area contributed by atoms with Crippen LogP contribution in [0.25, 0.3) is 0 Å². The van der Waals surface area contributed by atoms with E-state index in [0.717, 1.165) is 27.6 Å². The molecule has 17 heavy (non-hydrogen) atoms. The fourth-order valence-electron chi connectivity index (χ4n) is 1.58. The van der Waals surface area contributed by atoms with Gasteiger partial charge in [0.25, 0.3) is 0 Å². The molecule has 0 spiro atoms. The molecular weight excluding hydrogens is 230 g/mol. The van der Waals surface area contributed by atoms with Crippen molar-refractivity contribution >= 4 is 17.6 Å². The highest BCUT2D eigenvalue weighted by Crippen LogP contribution is 2.27. The zero-order valence-corrected chi connectivity index (χ0v) is 11.8. The van der Waals surface area contributed by atoms with Crippen molar-refractivity contribution in [3.63, 3.8) is 0 Å². The number of thioether (sulfide) groups is 1. The predicted molar refractivity (Wildman–Crippen MR) is 74.9 cm³/mol. The average molecular weight is 251 g/mol. The number of nitrogens with two attached hydrogens (primary N) is 1. The van der Waals surface area contributed by atoms with Gasteiger partial charge in [0, 0.05) is 22.0 Å². The van der Waals surface area contributed by atoms with Crippen LogP contribution >= 0.6 is 11.8 Å². The minimum absolute atomic E-state index is 0.113. The third-order valence-corrected chi connectivity index (χ3v) is 4.15. The molecule has 0 fully saturated rings. The van der Waals surface area contributed by atoms with Gasteiger partial charge < -0.3 is 5.73 Å². The standard InChI is InChI=1S/C13H21N3S/c1-5-8(2)7-17-11-6-9(3)16-10(4)12(11)13(14)15/h6,8H,5,7H2,1-4H3,(H3,14,15). The lowest BCUT2D eigenvalue weighted by Gasteiger charge is -2.13. The number of aromatic nitrogens is 1. The summed E-state index contributed by atoms with van der Waals surface area (Å²) in [6, 6.07) is 2.02. The predicted octanol–water partition coefficient (Wildman–Crippen LogP) is 3.12. The van der Waals surface area contributed by atoms with E-state index in [4.69, 9.17) is 11.1 Å². The topological polar surface area (TPSA) is 62.8 Å². The Balaban J connectivity index is 3.00. The molecular formula is C13H21N3S. The Morgan fingerprint density at radius 2 is 2.18 bits per heavy atom. The summed E-state index contributed by atoms with van der Waals surface area (Å²) in [6.07, 6.45) is 1.17. The summed E-state index contributed by atoms with van der Waals surface area (Å²) in [7, 11) is 0. The van der Waals surface area contributed by atoms with Crippen LogP contribution in [0, 0.1) is 25.2 Å². The van der Waals surface area contributed by atoms with Crippen LogP contribution in [0.2, 0.25) is 0 Å². The third-order valence-electron chi connectivity index (χ3n) is 2.78. The molecule has 0 radical (unpaired) electrons. The van der Waals surface area contributed by atoms with Gasteiger partial charge in [0.05, 0.1) is 5.56 Å². The SMILES string of the molecule is CCC(C)CSc1cc(C)nc(C)c1C(=N)N. The molecule has 3 N–H and O–H groups in total. The summed E-state index contributed by atoms with van der Waals surface area (Å²) in [5.41, 5.74) is 8.27. The van der Waals surface area contributed by atoms with E-state index in [9.17, 15) is 0 Å². The first kappa shape index (κ1) is 14.0. The van der Waals surface area contributed by atoms with Crippen LogP contribution in [0.15, 0.2) is 11.0 Å². The average Bonchev–Trinajstić information content (AvgIpc) is 2.24. The highest BCUT2D eigenvalue weighted by atomic mass is 32.2. The number of amidine groups is 1. The molecule has 1 heterocycles. The van der Waals surface area contributed by atoms with Gasteiger partial charge >= 0.3 is 0 Å². The Morgan fingerprint density at radius 3 is 2.71 bits per heavy atom. The van der Waals surface area contributed by atoms with Crippen LogP contribution in [0.3, 0.4) is 0 Å². The monoisotopic (exact) mass is 251 g/mol. The maximum atomic E-state index is 7.64. The van der Waals surface area contributed by atoms with E-state index in [1.165, 1.54) is 6.42 Å². The largest absolute Gasteiger partial charge is 0.384 e. The second kappa shape index (κ2) is 6.05. The summed E-state index contributed by atoms with van der Waals surface area (Å²) < 4.78 is 0. The Bertz CT molecular complexity index is 415. The minimum atomic E-state index is 0.113. The van der Waals surface area contributed by atoms with Crippen molar-refractivity contribution in [3.8, 4) is 0 Å². The summed E-state index contributed by atoms with van der Waals surface area (Å²) in [5.74, 6) is 1.84. The van der Waals surface area contributed by atoms with E-state index in [1.54, 1.807) is 11.8 Å². The maximum Gasteiger partial charge on any atom is 0.125 e. The summed E-state index contributed by atoms with van der Waals surface area (Å²) in [6.45, 7) is 8.32. The lowest BCUT2D eigenvalue weighted by atomic mass is 10.1. The number of aryl methyl sites for hydroxylation is 2. The quantitative estimate of drug-likeness (QED) is 0.480. The van der Waals surface area contributed by atoms with Crippen molar-refractivity contribution < 1.29 is 0 Å². The van der Waals surface area contributed by atoms with Crippen molar-refractivity contribution in [1.29, 1.82) is 5.41 Å². The number of nitrogens with zero attached hydrogens (tertiary/aromatic N) is 1. The molecule has 0 aromatic carbocycles. The smallest absolute Gasteiger partial charge is 0.125 e. The van der Waals surface area contributed by atoms with Crippen LogP contribution < -0.4 is 5.73 Å². The second-order valence-corrected chi connectivity index (χ2v) is 5.52. The molecule has 0 aliphatic heterocycles. The number of hydrogen-bond acceptors (Lipinski definition) is 3. The van der Waals surface area contributed by atoms with E-state index in [2.05, 4.69) is 18.8 Å². The number of nitrogen functional groups attached to an aromatic ring is 1. The van der Waals surface area contributed by atoms with Crippen molar-refractivity contribution in [2.24, 2.45) is 11.7 Å². The molecule has 0 amide bonds. The molecule has 0 saturated carbocycles. The highest BCUT2D eigenvalue weighted by molar-refractivity contribution is 7.99. The Hall–Kier alpha value is -1.03. The zero-order chi connectivity index (χ0) is 13.0. The fraction of sp³-hybridized carbons (Fsp3) is 0.538. The number of rotatable bonds is 5. The van der Waals surface area contributed by atoms with Gasteiger partial charge in [-0.05, 0) is 25.8 Å². The van der Waals surface area contributed by atoms with Crippen LogP contribution in [0.1, 0.15) is 37.2 Å². The zero-order valence-electron chi connectivity index (χ0n) is 11.0. The Morgan fingerprint density at radius 1 is 1.53 bits per heavy atom. The van der Waals surface area contributed by atoms with E-state index < -0.39 is 0 Å². The summed E-state index contributed by atoms with van der Waals surface area (Å²) in [5, 5.41) is 7.64. The molecule has 3 nitrogen and oxygen atoms in total. The van der Waals surface area contributed by atoms with Crippen molar-refractivity contribution in [2.45, 2.75) is 39.0 Å². The minimum Gasteiger partial charge on any atom is -0.384 e.